The van der Waals surface area contributed by atoms with Crippen molar-refractivity contribution in [2.45, 2.75) is 6.18 Å². The Morgan fingerprint density at radius 3 is 2.29 bits per heavy atom. The fourth-order valence-electron chi connectivity index (χ4n) is 2.02. The average Bonchev–Trinajstić information content (AvgIpc) is 2.43. The summed E-state index contributed by atoms with van der Waals surface area (Å²) in [5.41, 5.74) is -6.89. The highest BCUT2D eigenvalue weighted by molar-refractivity contribution is 6.30. The van der Waals surface area contributed by atoms with E-state index in [2.05, 4.69) is 0 Å². The zero-order valence-corrected chi connectivity index (χ0v) is 12.4. The van der Waals surface area contributed by atoms with Gasteiger partial charge < -0.3 is 0 Å². The first-order chi connectivity index (χ1) is 10.9. The molecule has 0 aliphatic rings. The fourth-order valence-corrected chi connectivity index (χ4v) is 2.22. The third kappa shape index (κ3) is 2.89. The zero-order valence-electron chi connectivity index (χ0n) is 11.6. The third-order valence-corrected chi connectivity index (χ3v) is 3.26. The highest BCUT2D eigenvalue weighted by atomic mass is 35.5. The number of nitrogens with zero attached hydrogens (tertiary/aromatic N) is 3. The summed E-state index contributed by atoms with van der Waals surface area (Å²) in [6.45, 7) is 0. The highest BCUT2D eigenvalue weighted by Gasteiger charge is 2.36. The van der Waals surface area contributed by atoms with Crippen molar-refractivity contribution in [2.75, 3.05) is 0 Å². The molecule has 0 saturated carbocycles. The first-order valence-electron chi connectivity index (χ1n) is 5.99. The van der Waals surface area contributed by atoms with E-state index >= 15 is 0 Å². The van der Waals surface area contributed by atoms with Crippen molar-refractivity contribution in [3.63, 3.8) is 0 Å². The second-order valence-electron chi connectivity index (χ2n) is 4.56. The van der Waals surface area contributed by atoms with E-state index in [9.17, 15) is 37.3 Å². The Morgan fingerprint density at radius 2 is 1.79 bits per heavy atom. The van der Waals surface area contributed by atoms with Crippen molar-refractivity contribution < 1.29 is 22.5 Å². The summed E-state index contributed by atoms with van der Waals surface area (Å²) < 4.78 is 52.4. The van der Waals surface area contributed by atoms with Gasteiger partial charge in [-0.1, -0.05) is 11.6 Å². The predicted molar refractivity (Wildman–Crippen MR) is 73.9 cm³/mol. The molecule has 1 aromatic carbocycles. The van der Waals surface area contributed by atoms with Gasteiger partial charge >= 0.3 is 11.9 Å². The topological polar surface area (TPSA) is 87.1 Å². The van der Waals surface area contributed by atoms with Crippen molar-refractivity contribution in [1.29, 1.82) is 0 Å². The number of alkyl halides is 3. The van der Waals surface area contributed by atoms with Gasteiger partial charge in [-0.25, -0.2) is 13.8 Å². The summed E-state index contributed by atoms with van der Waals surface area (Å²) >= 11 is 5.49. The predicted octanol–water partition coefficient (Wildman–Crippen LogP) is 2.26. The van der Waals surface area contributed by atoms with Crippen LogP contribution in [0.2, 0.25) is 5.02 Å². The molecule has 24 heavy (non-hydrogen) atoms. The van der Waals surface area contributed by atoms with Gasteiger partial charge in [-0.15, -0.1) is 0 Å². The minimum absolute atomic E-state index is 0.0408. The maximum atomic E-state index is 14.1. The van der Waals surface area contributed by atoms with E-state index in [-0.39, 0.29) is 20.2 Å². The Morgan fingerprint density at radius 1 is 1.21 bits per heavy atom. The highest BCUT2D eigenvalue weighted by Crippen LogP contribution is 2.30. The van der Waals surface area contributed by atoms with Gasteiger partial charge in [-0.3, -0.25) is 19.5 Å². The molecule has 0 bridgehead atoms. The van der Waals surface area contributed by atoms with E-state index < -0.39 is 45.2 Å². The molecule has 0 atom stereocenters. The Balaban J connectivity index is 2.96. The average molecular weight is 368 g/mol. The summed E-state index contributed by atoms with van der Waals surface area (Å²) in [7, 11) is 0.695. The molecule has 2 aromatic rings. The van der Waals surface area contributed by atoms with Crippen LogP contribution in [0.4, 0.5) is 23.2 Å². The van der Waals surface area contributed by atoms with Gasteiger partial charge in [-0.2, -0.15) is 13.2 Å². The molecule has 0 N–H and O–H groups in total. The minimum atomic E-state index is -5.02. The molecule has 12 heteroatoms. The van der Waals surface area contributed by atoms with E-state index in [0.29, 0.717) is 19.2 Å². The number of benzene rings is 1. The van der Waals surface area contributed by atoms with Crippen molar-refractivity contribution in [3.05, 3.63) is 65.7 Å². The molecule has 128 valence electrons. The van der Waals surface area contributed by atoms with E-state index in [4.69, 9.17) is 11.6 Å². The molecule has 2 rings (SSSR count). The summed E-state index contributed by atoms with van der Waals surface area (Å²) in [5, 5.41) is 10.6. The number of hydrogen-bond donors (Lipinski definition) is 0. The first kappa shape index (κ1) is 17.7. The van der Waals surface area contributed by atoms with Gasteiger partial charge in [-0.05, 0) is 6.07 Å². The van der Waals surface area contributed by atoms with Crippen LogP contribution in [0.1, 0.15) is 5.69 Å². The minimum Gasteiger partial charge on any atom is -0.292 e. The summed E-state index contributed by atoms with van der Waals surface area (Å²) in [6.07, 6.45) is -5.02. The smallest absolute Gasteiger partial charge is 0.292 e. The monoisotopic (exact) mass is 367 g/mol. The SMILES string of the molecule is Cn1c(C(F)(F)F)cc(=O)n(-c2c(F)cc(Cl)cc2[N+](=O)[O-])c1=O. The number of rotatable bonds is 2. The van der Waals surface area contributed by atoms with Gasteiger partial charge in [0.15, 0.2) is 11.5 Å². The van der Waals surface area contributed by atoms with Crippen LogP contribution in [-0.2, 0) is 13.2 Å². The van der Waals surface area contributed by atoms with Crippen molar-refractivity contribution >= 4 is 17.3 Å². The maximum Gasteiger partial charge on any atom is 0.431 e. The lowest BCUT2D eigenvalue weighted by Crippen LogP contribution is -2.41. The van der Waals surface area contributed by atoms with Crippen LogP contribution < -0.4 is 11.2 Å². The Hall–Kier alpha value is -2.69. The molecular weight excluding hydrogens is 362 g/mol. The molecule has 1 aromatic heterocycles. The van der Waals surface area contributed by atoms with Crippen LogP contribution in [0, 0.1) is 15.9 Å². The number of nitro groups is 1. The largest absolute Gasteiger partial charge is 0.431 e. The van der Waals surface area contributed by atoms with Gasteiger partial charge in [0.1, 0.15) is 5.69 Å². The van der Waals surface area contributed by atoms with E-state index in [0.717, 1.165) is 0 Å². The quantitative estimate of drug-likeness (QED) is 0.463. The lowest BCUT2D eigenvalue weighted by Gasteiger charge is -2.14. The zero-order chi connectivity index (χ0) is 18.4. The molecular formula is C12H6ClF4N3O4. The number of nitro benzene ring substituents is 1. The van der Waals surface area contributed by atoms with Gasteiger partial charge in [0.05, 0.1) is 9.95 Å². The second-order valence-corrected chi connectivity index (χ2v) is 4.99. The van der Waals surface area contributed by atoms with Crippen molar-refractivity contribution in [2.24, 2.45) is 7.05 Å². The lowest BCUT2D eigenvalue weighted by atomic mass is 10.2. The van der Waals surface area contributed by atoms with E-state index in [1.165, 1.54) is 0 Å². The number of halogens is 5. The van der Waals surface area contributed by atoms with E-state index in [1.54, 1.807) is 0 Å². The third-order valence-electron chi connectivity index (χ3n) is 3.04. The molecule has 0 unspecified atom stereocenters. The van der Waals surface area contributed by atoms with Crippen molar-refractivity contribution in [3.8, 4) is 5.69 Å². The van der Waals surface area contributed by atoms with Crippen LogP contribution in [0.25, 0.3) is 5.69 Å². The Labute approximate surface area is 134 Å². The molecule has 0 aliphatic carbocycles. The lowest BCUT2D eigenvalue weighted by molar-refractivity contribution is -0.384. The molecule has 0 fully saturated rings. The summed E-state index contributed by atoms with van der Waals surface area (Å²) in [4.78, 5) is 33.9. The van der Waals surface area contributed by atoms with Crippen LogP contribution in [-0.4, -0.2) is 14.1 Å². The van der Waals surface area contributed by atoms with Crippen LogP contribution in [0.15, 0.2) is 27.8 Å². The first-order valence-corrected chi connectivity index (χ1v) is 6.37. The van der Waals surface area contributed by atoms with Crippen LogP contribution in [0.5, 0.6) is 0 Å². The summed E-state index contributed by atoms with van der Waals surface area (Å²) in [6, 6.07) is 1.30. The molecule has 0 spiro atoms. The molecule has 7 nitrogen and oxygen atoms in total. The molecule has 0 amide bonds. The summed E-state index contributed by atoms with van der Waals surface area (Å²) in [5.74, 6) is -1.41. The van der Waals surface area contributed by atoms with Gasteiger partial charge in [0.25, 0.3) is 11.2 Å². The normalized spacial score (nSPS) is 11.6. The van der Waals surface area contributed by atoms with Crippen LogP contribution in [0.3, 0.4) is 0 Å². The Bertz CT molecular complexity index is 964. The van der Waals surface area contributed by atoms with Crippen molar-refractivity contribution in [1.82, 2.24) is 9.13 Å². The molecule has 0 saturated heterocycles. The van der Waals surface area contributed by atoms with E-state index in [1.807, 2.05) is 0 Å². The number of aromatic nitrogens is 2. The van der Waals surface area contributed by atoms with Crippen LogP contribution >= 0.6 is 11.6 Å². The molecule has 0 radical (unpaired) electrons. The molecule has 0 aliphatic heterocycles. The standard InChI is InChI=1S/C12H6ClF4N3O4/c1-18-8(12(15,16)17)4-9(21)19(11(18)22)10-6(14)2-5(13)3-7(10)20(23)24/h2-4H,1H3. The Kier molecular flexibility index (Phi) is 4.23. The molecule has 1 heterocycles. The second kappa shape index (κ2) is 5.74. The maximum absolute atomic E-state index is 14.1. The van der Waals surface area contributed by atoms with Gasteiger partial charge in [0.2, 0.25) is 0 Å². The van der Waals surface area contributed by atoms with Gasteiger partial charge in [0, 0.05) is 19.2 Å². The fraction of sp³-hybridized carbons (Fsp3) is 0.167. The number of hydrogen-bond acceptors (Lipinski definition) is 4.